The summed E-state index contributed by atoms with van der Waals surface area (Å²) in [5.74, 6) is 0.690. The Balaban J connectivity index is 0.00000151. The van der Waals surface area contributed by atoms with Gasteiger partial charge in [-0.15, -0.1) is 0 Å². The Hall–Kier alpha value is -0.996. The van der Waals surface area contributed by atoms with Crippen LogP contribution in [0.25, 0.3) is 11.1 Å². The maximum Gasteiger partial charge on any atom is 0.278 e. The van der Waals surface area contributed by atoms with Crippen molar-refractivity contribution >= 4 is 0 Å². The van der Waals surface area contributed by atoms with Gasteiger partial charge in [0.2, 0.25) is 0 Å². The Kier molecular flexibility index (Phi) is 10.6. The quantitative estimate of drug-likeness (QED) is 0.697. The number of hydrogen-bond donors (Lipinski definition) is 1. The Bertz CT molecular complexity index is 765. The van der Waals surface area contributed by atoms with Crippen molar-refractivity contribution in [1.82, 2.24) is 9.78 Å². The van der Waals surface area contributed by atoms with Crippen LogP contribution in [0.2, 0.25) is 0 Å². The van der Waals surface area contributed by atoms with Gasteiger partial charge in [-0.05, 0) is 36.8 Å². The first-order valence-electron chi connectivity index (χ1n) is 8.89. The molecule has 0 atom stereocenters. The van der Waals surface area contributed by atoms with Crippen LogP contribution < -0.4 is 5.56 Å². The molecule has 0 saturated heterocycles. The van der Waals surface area contributed by atoms with Crippen molar-refractivity contribution in [3.8, 4) is 16.9 Å². The van der Waals surface area contributed by atoms with Crippen LogP contribution in [0.3, 0.4) is 0 Å². The van der Waals surface area contributed by atoms with Crippen molar-refractivity contribution in [3.05, 3.63) is 53.3 Å². The summed E-state index contributed by atoms with van der Waals surface area (Å²) in [6, 6.07) is 7.68. The molecule has 1 aliphatic carbocycles. The van der Waals surface area contributed by atoms with Crippen molar-refractivity contribution in [2.45, 2.75) is 59.9 Å². The zero-order chi connectivity index (χ0) is 17.9. The molecule has 0 aliphatic heterocycles. The summed E-state index contributed by atoms with van der Waals surface area (Å²) in [5, 5.41) is 15.1. The molecular formula is C21H31N2O2Y-. The summed E-state index contributed by atoms with van der Waals surface area (Å²) < 4.78 is 1.53. The summed E-state index contributed by atoms with van der Waals surface area (Å²) >= 11 is 0. The van der Waals surface area contributed by atoms with Gasteiger partial charge in [0.05, 0.1) is 5.56 Å². The van der Waals surface area contributed by atoms with E-state index in [1.165, 1.54) is 4.68 Å². The van der Waals surface area contributed by atoms with Gasteiger partial charge >= 0.3 is 0 Å². The molecule has 0 bridgehead atoms. The molecule has 26 heavy (non-hydrogen) atoms. The molecule has 0 amide bonds. The molecule has 2 aromatic rings. The maximum absolute atomic E-state index is 12.8. The Morgan fingerprint density at radius 1 is 1.23 bits per heavy atom. The van der Waals surface area contributed by atoms with Crippen molar-refractivity contribution in [2.75, 3.05) is 0 Å². The van der Waals surface area contributed by atoms with Crippen LogP contribution >= 0.6 is 0 Å². The molecule has 1 radical (unpaired) electrons. The van der Waals surface area contributed by atoms with Gasteiger partial charge in [0.15, 0.2) is 5.75 Å². The molecule has 1 fully saturated rings. The van der Waals surface area contributed by atoms with E-state index in [0.717, 1.165) is 24.0 Å². The van der Waals surface area contributed by atoms with Crippen LogP contribution in [0, 0.1) is 20.3 Å². The third-order valence-corrected chi connectivity index (χ3v) is 4.07. The van der Waals surface area contributed by atoms with E-state index >= 15 is 0 Å². The van der Waals surface area contributed by atoms with Gasteiger partial charge < -0.3 is 12.5 Å². The minimum absolute atomic E-state index is 0. The van der Waals surface area contributed by atoms with E-state index in [9.17, 15) is 9.90 Å². The monoisotopic (exact) mass is 432 g/mol. The van der Waals surface area contributed by atoms with E-state index in [-0.39, 0.29) is 51.4 Å². The molecule has 5 heteroatoms. The number of rotatable bonds is 4. The first-order chi connectivity index (χ1) is 11.5. The van der Waals surface area contributed by atoms with E-state index < -0.39 is 0 Å². The van der Waals surface area contributed by atoms with Crippen molar-refractivity contribution in [2.24, 2.45) is 5.92 Å². The van der Waals surface area contributed by atoms with E-state index in [1.807, 2.05) is 45.0 Å². The molecule has 1 aromatic carbocycles. The van der Waals surface area contributed by atoms with Crippen LogP contribution in [-0.4, -0.2) is 14.9 Å². The van der Waals surface area contributed by atoms with Crippen LogP contribution in [0.4, 0.5) is 0 Å². The molecule has 4 nitrogen and oxygen atoms in total. The second-order valence-electron chi connectivity index (χ2n) is 6.58. The van der Waals surface area contributed by atoms with Crippen LogP contribution in [-0.2, 0) is 39.3 Å². The molecule has 1 aromatic heterocycles. The molecule has 0 spiro atoms. The third-order valence-electron chi connectivity index (χ3n) is 4.07. The SMILES string of the molecule is CC.Cc1ccccc1-c1c(O)c(C2CC2)nn(CC(C)C)c1=O.[CH3-].[Y]. The second kappa shape index (κ2) is 11.0. The number of aryl methyl sites for hydroxylation is 1. The van der Waals surface area contributed by atoms with Gasteiger partial charge in [-0.2, -0.15) is 5.10 Å². The minimum atomic E-state index is -0.204. The van der Waals surface area contributed by atoms with Crippen LogP contribution in [0.1, 0.15) is 57.7 Å². The van der Waals surface area contributed by atoms with Gasteiger partial charge in [0.25, 0.3) is 5.56 Å². The van der Waals surface area contributed by atoms with Gasteiger partial charge in [0.1, 0.15) is 5.69 Å². The molecule has 1 heterocycles. The van der Waals surface area contributed by atoms with E-state index in [1.54, 1.807) is 0 Å². The first-order valence-corrected chi connectivity index (χ1v) is 8.89. The predicted octanol–water partition coefficient (Wildman–Crippen LogP) is 4.93. The predicted molar refractivity (Wildman–Crippen MR) is 105 cm³/mol. The summed E-state index contributed by atoms with van der Waals surface area (Å²) in [6.45, 7) is 10.6. The molecule has 0 unspecified atom stereocenters. The Morgan fingerprint density at radius 2 is 1.81 bits per heavy atom. The summed E-state index contributed by atoms with van der Waals surface area (Å²) in [5.41, 5.74) is 2.66. The zero-order valence-corrected chi connectivity index (χ0v) is 19.8. The molecular weight excluding hydrogens is 401 g/mol. The van der Waals surface area contributed by atoms with E-state index in [2.05, 4.69) is 18.9 Å². The Morgan fingerprint density at radius 3 is 2.31 bits per heavy atom. The minimum Gasteiger partial charge on any atom is -0.505 e. The average molecular weight is 432 g/mol. The number of benzene rings is 1. The van der Waals surface area contributed by atoms with Crippen molar-refractivity contribution in [1.29, 1.82) is 0 Å². The normalized spacial score (nSPS) is 12.5. The summed E-state index contributed by atoms with van der Waals surface area (Å²) in [7, 11) is 0. The third kappa shape index (κ3) is 5.50. The van der Waals surface area contributed by atoms with Crippen molar-refractivity contribution in [3.63, 3.8) is 0 Å². The maximum atomic E-state index is 12.8. The van der Waals surface area contributed by atoms with Crippen LogP contribution in [0.15, 0.2) is 29.1 Å². The first kappa shape index (κ1) is 25.0. The van der Waals surface area contributed by atoms with E-state index in [0.29, 0.717) is 29.6 Å². The largest absolute Gasteiger partial charge is 0.505 e. The van der Waals surface area contributed by atoms with Gasteiger partial charge in [-0.1, -0.05) is 52.0 Å². The molecule has 141 valence electrons. The molecule has 1 aliphatic rings. The van der Waals surface area contributed by atoms with Gasteiger partial charge in [-0.3, -0.25) is 4.79 Å². The van der Waals surface area contributed by atoms with E-state index in [4.69, 9.17) is 0 Å². The van der Waals surface area contributed by atoms with Crippen molar-refractivity contribution < 1.29 is 37.8 Å². The smallest absolute Gasteiger partial charge is 0.278 e. The zero-order valence-electron chi connectivity index (χ0n) is 16.9. The molecule has 1 N–H and O–H groups in total. The fraction of sp³-hybridized carbons (Fsp3) is 0.476. The molecule has 3 rings (SSSR count). The standard InChI is InChI=1S/C18H22N2O2.C2H6.CH3.Y/c1-11(2)10-20-18(22)15(14-7-5-4-6-12(14)3)17(21)16(19-20)13-8-9-13;1-2;;/h4-7,11,13,21H,8-10H2,1-3H3;1-2H3;1H3;/q;;-1;. The summed E-state index contributed by atoms with van der Waals surface area (Å²) in [6.07, 6.45) is 2.07. The van der Waals surface area contributed by atoms with Gasteiger partial charge in [0, 0.05) is 45.2 Å². The number of aromatic nitrogens is 2. The average Bonchev–Trinajstić information content (AvgIpc) is 3.38. The summed E-state index contributed by atoms with van der Waals surface area (Å²) in [4.78, 5) is 12.8. The number of hydrogen-bond acceptors (Lipinski definition) is 3. The number of aromatic hydroxyl groups is 1. The Labute approximate surface area is 182 Å². The topological polar surface area (TPSA) is 55.1 Å². The second-order valence-corrected chi connectivity index (χ2v) is 6.58. The molecule has 1 saturated carbocycles. The fourth-order valence-corrected chi connectivity index (χ4v) is 2.78. The number of nitrogens with zero attached hydrogens (tertiary/aromatic N) is 2. The van der Waals surface area contributed by atoms with Crippen LogP contribution in [0.5, 0.6) is 5.75 Å². The van der Waals surface area contributed by atoms with Gasteiger partial charge in [-0.25, -0.2) is 4.68 Å². The fourth-order valence-electron chi connectivity index (χ4n) is 2.78.